The molecule has 2 aromatic heterocycles. The summed E-state index contributed by atoms with van der Waals surface area (Å²) in [6, 6.07) is 5.42. The number of imidazole rings is 1. The van der Waals surface area contributed by atoms with Crippen LogP contribution in [0.1, 0.15) is 11.3 Å². The lowest BCUT2D eigenvalue weighted by Crippen LogP contribution is -2.34. The van der Waals surface area contributed by atoms with Gasteiger partial charge in [-0.15, -0.1) is 0 Å². The molecular weight excluding hydrogens is 420 g/mol. The molecule has 5 rings (SSSR count). The number of nitrogens with zero attached hydrogens (tertiary/aromatic N) is 2. The predicted octanol–water partition coefficient (Wildman–Crippen LogP) is 2.58. The van der Waals surface area contributed by atoms with Crippen LogP contribution in [0.2, 0.25) is 5.02 Å². The van der Waals surface area contributed by atoms with Crippen LogP contribution in [0.4, 0.5) is 8.78 Å². The van der Waals surface area contributed by atoms with Crippen molar-refractivity contribution in [3.05, 3.63) is 52.2 Å². The largest absolute Gasteiger partial charge is 0.456 e. The molecule has 1 aromatic carbocycles. The highest BCUT2D eigenvalue weighted by Gasteiger charge is 2.48. The number of H-pyrrole nitrogens is 1. The summed E-state index contributed by atoms with van der Waals surface area (Å²) in [7, 11) is 0. The average Bonchev–Trinajstić information content (AvgIpc) is 3.38. The number of nitrogens with one attached hydrogen (secondary N) is 1. The number of aliphatic hydroxyl groups is 1. The standard InChI is InChI=1S/C20H18ClF2N3O4/c21-11-6-14-19(24-13(11)4-2-9-1-3-10(22)5-12(9)23)26-20(25-14)30-16-8-29-17-15(27)7-28-18(16)17/h1,3,5-6,15-18,27H,2,4,7-8H2,(H,24,25,26)/t15-,16-,17-,18-/m1/s1. The van der Waals surface area contributed by atoms with Gasteiger partial charge in [0.05, 0.1) is 29.4 Å². The van der Waals surface area contributed by atoms with Gasteiger partial charge >= 0.3 is 0 Å². The molecule has 0 bridgehead atoms. The van der Waals surface area contributed by atoms with E-state index in [2.05, 4.69) is 15.0 Å². The Hall–Kier alpha value is -2.33. The lowest BCUT2D eigenvalue weighted by molar-refractivity contribution is 0.00706. The van der Waals surface area contributed by atoms with Gasteiger partial charge in [-0.25, -0.2) is 13.8 Å². The molecule has 30 heavy (non-hydrogen) atoms. The fourth-order valence-corrected chi connectivity index (χ4v) is 4.08. The van der Waals surface area contributed by atoms with Crippen molar-refractivity contribution in [1.82, 2.24) is 15.0 Å². The molecule has 7 nitrogen and oxygen atoms in total. The minimum Gasteiger partial charge on any atom is -0.456 e. The molecule has 158 valence electrons. The minimum atomic E-state index is -0.659. The molecule has 2 N–H and O–H groups in total. The minimum absolute atomic E-state index is 0.213. The van der Waals surface area contributed by atoms with Gasteiger partial charge in [-0.05, 0) is 30.5 Å². The van der Waals surface area contributed by atoms with Crippen LogP contribution in [0.25, 0.3) is 11.2 Å². The summed E-state index contributed by atoms with van der Waals surface area (Å²) in [5, 5.41) is 10.2. The van der Waals surface area contributed by atoms with E-state index in [0.717, 1.165) is 6.07 Å². The number of fused-ring (bicyclic) bond motifs is 2. The highest BCUT2D eigenvalue weighted by Crippen LogP contribution is 2.30. The van der Waals surface area contributed by atoms with E-state index < -0.39 is 29.9 Å². The van der Waals surface area contributed by atoms with Crippen LogP contribution >= 0.6 is 11.6 Å². The van der Waals surface area contributed by atoms with Gasteiger partial charge in [0, 0.05) is 6.07 Å². The number of aryl methyl sites for hydroxylation is 2. The maximum Gasteiger partial charge on any atom is 0.296 e. The molecule has 0 amide bonds. The van der Waals surface area contributed by atoms with Crippen LogP contribution < -0.4 is 4.74 Å². The first kappa shape index (κ1) is 19.6. The second kappa shape index (κ2) is 7.73. The van der Waals surface area contributed by atoms with Gasteiger partial charge in [0.25, 0.3) is 6.01 Å². The van der Waals surface area contributed by atoms with Crippen LogP contribution in [-0.4, -0.2) is 57.7 Å². The summed E-state index contributed by atoms with van der Waals surface area (Å²) in [5.74, 6) is -1.21. The number of hydrogen-bond donors (Lipinski definition) is 2. The number of aromatic nitrogens is 3. The first-order valence-corrected chi connectivity index (χ1v) is 9.93. The molecule has 2 aliphatic rings. The number of rotatable bonds is 5. The maximum absolute atomic E-state index is 13.9. The quantitative estimate of drug-likeness (QED) is 0.637. The van der Waals surface area contributed by atoms with Gasteiger partial charge in [-0.1, -0.05) is 17.7 Å². The molecule has 3 aromatic rings. The second-order valence-electron chi connectivity index (χ2n) is 7.39. The molecule has 0 aliphatic carbocycles. The van der Waals surface area contributed by atoms with E-state index in [9.17, 15) is 13.9 Å². The Morgan fingerprint density at radius 3 is 2.80 bits per heavy atom. The van der Waals surface area contributed by atoms with Crippen LogP contribution in [0.15, 0.2) is 24.3 Å². The average molecular weight is 438 g/mol. The molecular formula is C20H18ClF2N3O4. The van der Waals surface area contributed by atoms with E-state index in [-0.39, 0.29) is 25.3 Å². The van der Waals surface area contributed by atoms with E-state index in [1.807, 2.05) is 0 Å². The van der Waals surface area contributed by atoms with E-state index in [4.69, 9.17) is 25.8 Å². The van der Waals surface area contributed by atoms with Crippen molar-refractivity contribution < 1.29 is 28.1 Å². The van der Waals surface area contributed by atoms with Gasteiger partial charge in [0.2, 0.25) is 0 Å². The summed E-state index contributed by atoms with van der Waals surface area (Å²) in [6.07, 6.45) is -1.12. The van der Waals surface area contributed by atoms with Crippen LogP contribution in [0.3, 0.4) is 0 Å². The summed E-state index contributed by atoms with van der Waals surface area (Å²) >= 11 is 6.33. The van der Waals surface area contributed by atoms with Crippen LogP contribution in [-0.2, 0) is 22.3 Å². The second-order valence-corrected chi connectivity index (χ2v) is 7.79. The molecule has 0 radical (unpaired) electrons. The molecule has 4 heterocycles. The maximum atomic E-state index is 13.9. The third-order valence-corrected chi connectivity index (χ3v) is 5.70. The van der Waals surface area contributed by atoms with Crippen molar-refractivity contribution in [3.8, 4) is 6.01 Å². The molecule has 0 saturated carbocycles. The van der Waals surface area contributed by atoms with Crippen molar-refractivity contribution in [2.24, 2.45) is 0 Å². The Labute approximate surface area is 174 Å². The van der Waals surface area contributed by atoms with Crippen molar-refractivity contribution in [2.75, 3.05) is 13.2 Å². The van der Waals surface area contributed by atoms with Crippen LogP contribution in [0.5, 0.6) is 6.01 Å². The first-order chi connectivity index (χ1) is 14.5. The monoisotopic (exact) mass is 437 g/mol. The number of benzene rings is 1. The van der Waals surface area contributed by atoms with E-state index >= 15 is 0 Å². The van der Waals surface area contributed by atoms with Crippen molar-refractivity contribution >= 4 is 22.8 Å². The Balaban J connectivity index is 1.32. The Bertz CT molecular complexity index is 1100. The number of ether oxygens (including phenoxy) is 3. The SMILES string of the molecule is O[C@@H]1CO[C@H]2[C@@H]1OC[C@H]2Oc1nc2nc(CCc3ccc(F)cc3F)c(Cl)cc2[nH]1. The Morgan fingerprint density at radius 1 is 1.13 bits per heavy atom. The lowest BCUT2D eigenvalue weighted by atomic mass is 10.1. The highest BCUT2D eigenvalue weighted by molar-refractivity contribution is 6.31. The molecule has 2 fully saturated rings. The number of aliphatic hydroxyl groups excluding tert-OH is 1. The molecule has 2 saturated heterocycles. The number of halogens is 3. The van der Waals surface area contributed by atoms with Gasteiger partial charge in [-0.3, -0.25) is 0 Å². The fourth-order valence-electron chi connectivity index (χ4n) is 3.83. The smallest absolute Gasteiger partial charge is 0.296 e. The highest BCUT2D eigenvalue weighted by atomic mass is 35.5. The fraction of sp³-hybridized carbons (Fsp3) is 0.400. The topological polar surface area (TPSA) is 89.5 Å². The molecule has 10 heteroatoms. The van der Waals surface area contributed by atoms with Gasteiger partial charge in [-0.2, -0.15) is 4.98 Å². The number of aromatic amines is 1. The van der Waals surface area contributed by atoms with E-state index in [1.165, 1.54) is 12.1 Å². The predicted molar refractivity (Wildman–Crippen MR) is 103 cm³/mol. The zero-order valence-electron chi connectivity index (χ0n) is 15.6. The van der Waals surface area contributed by atoms with Gasteiger partial charge in [0.1, 0.15) is 29.9 Å². The van der Waals surface area contributed by atoms with Gasteiger partial charge in [0.15, 0.2) is 11.8 Å². The van der Waals surface area contributed by atoms with E-state index in [1.54, 1.807) is 6.07 Å². The van der Waals surface area contributed by atoms with E-state index in [0.29, 0.717) is 40.3 Å². The molecule has 0 unspecified atom stereocenters. The summed E-state index contributed by atoms with van der Waals surface area (Å²) in [5.41, 5.74) is 1.94. The summed E-state index contributed by atoms with van der Waals surface area (Å²) in [6.45, 7) is 0.497. The van der Waals surface area contributed by atoms with Gasteiger partial charge < -0.3 is 24.3 Å². The first-order valence-electron chi connectivity index (χ1n) is 9.55. The van der Waals surface area contributed by atoms with Crippen LogP contribution in [0, 0.1) is 11.6 Å². The Morgan fingerprint density at radius 2 is 1.97 bits per heavy atom. The van der Waals surface area contributed by atoms with Crippen molar-refractivity contribution in [2.45, 2.75) is 37.3 Å². The van der Waals surface area contributed by atoms with Crippen molar-refractivity contribution in [1.29, 1.82) is 0 Å². The number of pyridine rings is 1. The Kier molecular flexibility index (Phi) is 5.06. The third kappa shape index (κ3) is 3.62. The summed E-state index contributed by atoms with van der Waals surface area (Å²) < 4.78 is 43.9. The zero-order valence-corrected chi connectivity index (χ0v) is 16.4. The lowest BCUT2D eigenvalue weighted by Gasteiger charge is -2.15. The molecule has 0 spiro atoms. The number of hydrogen-bond acceptors (Lipinski definition) is 6. The zero-order chi connectivity index (χ0) is 20.8. The normalized spacial score (nSPS) is 25.7. The molecule has 2 aliphatic heterocycles. The molecule has 4 atom stereocenters. The summed E-state index contributed by atoms with van der Waals surface area (Å²) in [4.78, 5) is 11.8. The third-order valence-electron chi connectivity index (χ3n) is 5.37. The van der Waals surface area contributed by atoms with Crippen molar-refractivity contribution in [3.63, 3.8) is 0 Å².